The number of hydrogen-bond acceptors (Lipinski definition) is 4. The van der Waals surface area contributed by atoms with E-state index in [4.69, 9.17) is 4.74 Å². The Kier molecular flexibility index (Phi) is 8.64. The summed E-state index contributed by atoms with van der Waals surface area (Å²) in [5, 5.41) is 0. The van der Waals surface area contributed by atoms with Gasteiger partial charge in [-0.1, -0.05) is 43.2 Å². The maximum absolute atomic E-state index is 13.2. The Bertz CT molecular complexity index is 981. The second-order valence-electron chi connectivity index (χ2n) is 10.1. The molecule has 2 saturated heterocycles. The fourth-order valence-electron chi connectivity index (χ4n) is 5.66. The number of carbonyl (C=O) groups excluding carboxylic acids is 1. The highest BCUT2D eigenvalue weighted by Crippen LogP contribution is 2.35. The van der Waals surface area contributed by atoms with Gasteiger partial charge in [-0.05, 0) is 62.1 Å². The van der Waals surface area contributed by atoms with Crippen LogP contribution in [0.25, 0.3) is 0 Å². The standard InChI is InChI=1S/C30H41N3O2/c1-5-17-32-21-24(3)33(22-23(32)2)29(27-11-10-12-28(20-27)35-4)25-13-15-26(16-14-25)30(34)31-18-8-6-7-9-19-31/h5,10-16,20,23-24,29H,1,6-9,17-19,21-22H2,2-4H3/t23-,24+,29-/m1/s1. The van der Waals surface area contributed by atoms with Gasteiger partial charge in [-0.2, -0.15) is 0 Å². The Morgan fingerprint density at radius 3 is 2.37 bits per heavy atom. The van der Waals surface area contributed by atoms with Gasteiger partial charge in [0.15, 0.2) is 0 Å². The monoisotopic (exact) mass is 475 g/mol. The van der Waals surface area contributed by atoms with Gasteiger partial charge in [0.1, 0.15) is 5.75 Å². The maximum Gasteiger partial charge on any atom is 0.253 e. The quantitative estimate of drug-likeness (QED) is 0.504. The van der Waals surface area contributed by atoms with Crippen molar-refractivity contribution in [2.75, 3.05) is 39.8 Å². The molecule has 0 saturated carbocycles. The predicted octanol–water partition coefficient (Wildman–Crippen LogP) is 5.38. The zero-order valence-electron chi connectivity index (χ0n) is 21.7. The largest absolute Gasteiger partial charge is 0.497 e. The number of likely N-dealkylation sites (tertiary alicyclic amines) is 1. The van der Waals surface area contributed by atoms with E-state index in [1.54, 1.807) is 7.11 Å². The molecule has 0 aromatic heterocycles. The van der Waals surface area contributed by atoms with Crippen LogP contribution in [0.5, 0.6) is 5.75 Å². The zero-order chi connectivity index (χ0) is 24.8. The molecular formula is C30H41N3O2. The molecule has 0 spiro atoms. The fraction of sp³-hybridized carbons (Fsp3) is 0.500. The number of piperazine rings is 1. The second-order valence-corrected chi connectivity index (χ2v) is 10.1. The second kappa shape index (κ2) is 11.9. The summed E-state index contributed by atoms with van der Waals surface area (Å²) in [7, 11) is 1.72. The molecule has 188 valence electrons. The molecule has 5 heteroatoms. The van der Waals surface area contributed by atoms with Gasteiger partial charge in [0.2, 0.25) is 0 Å². The first-order chi connectivity index (χ1) is 17.0. The number of nitrogens with zero attached hydrogens (tertiary/aromatic N) is 3. The molecule has 2 aliphatic heterocycles. The Morgan fingerprint density at radius 1 is 1.00 bits per heavy atom. The van der Waals surface area contributed by atoms with Gasteiger partial charge >= 0.3 is 0 Å². The van der Waals surface area contributed by atoms with Gasteiger partial charge in [0.05, 0.1) is 13.2 Å². The highest BCUT2D eigenvalue weighted by Gasteiger charge is 2.34. The first kappa shape index (κ1) is 25.5. The van der Waals surface area contributed by atoms with Crippen LogP contribution >= 0.6 is 0 Å². The van der Waals surface area contributed by atoms with Crippen LogP contribution in [0.15, 0.2) is 61.2 Å². The smallest absolute Gasteiger partial charge is 0.253 e. The maximum atomic E-state index is 13.2. The lowest BCUT2D eigenvalue weighted by Crippen LogP contribution is -2.57. The molecule has 3 atom stereocenters. The first-order valence-electron chi connectivity index (χ1n) is 13.2. The molecule has 2 aromatic carbocycles. The molecule has 2 aliphatic rings. The molecule has 0 bridgehead atoms. The number of rotatable bonds is 7. The summed E-state index contributed by atoms with van der Waals surface area (Å²) in [6, 6.07) is 17.7. The van der Waals surface area contributed by atoms with Crippen molar-refractivity contribution in [2.24, 2.45) is 0 Å². The summed E-state index contributed by atoms with van der Waals surface area (Å²) >= 11 is 0. The summed E-state index contributed by atoms with van der Waals surface area (Å²) in [5.41, 5.74) is 3.21. The first-order valence-corrected chi connectivity index (χ1v) is 13.2. The average molecular weight is 476 g/mol. The van der Waals surface area contributed by atoms with Crippen molar-refractivity contribution >= 4 is 5.91 Å². The van der Waals surface area contributed by atoms with Crippen LogP contribution in [0.1, 0.15) is 67.1 Å². The van der Waals surface area contributed by atoms with Gasteiger partial charge in [0.25, 0.3) is 5.91 Å². The molecule has 2 fully saturated rings. The minimum atomic E-state index is 0.0933. The van der Waals surface area contributed by atoms with E-state index in [0.29, 0.717) is 12.1 Å². The van der Waals surface area contributed by atoms with Crippen LogP contribution in [0, 0.1) is 0 Å². The molecule has 0 unspecified atom stereocenters. The summed E-state index contributed by atoms with van der Waals surface area (Å²) in [6.45, 7) is 13.2. The molecule has 5 nitrogen and oxygen atoms in total. The van der Waals surface area contributed by atoms with Gasteiger partial charge in [-0.3, -0.25) is 14.6 Å². The van der Waals surface area contributed by atoms with E-state index in [1.165, 1.54) is 24.0 Å². The summed E-state index contributed by atoms with van der Waals surface area (Å²) < 4.78 is 5.57. The molecule has 4 rings (SSSR count). The van der Waals surface area contributed by atoms with Crippen molar-refractivity contribution in [1.82, 2.24) is 14.7 Å². The van der Waals surface area contributed by atoms with Gasteiger partial charge in [-0.15, -0.1) is 6.58 Å². The molecule has 1 amide bonds. The minimum absolute atomic E-state index is 0.0933. The summed E-state index contributed by atoms with van der Waals surface area (Å²) in [6.07, 6.45) is 6.66. The number of ether oxygens (including phenoxy) is 1. The number of benzene rings is 2. The number of amides is 1. The van der Waals surface area contributed by atoms with Crippen LogP contribution in [-0.4, -0.2) is 72.5 Å². The fourth-order valence-corrected chi connectivity index (χ4v) is 5.66. The van der Waals surface area contributed by atoms with Crippen molar-refractivity contribution in [3.63, 3.8) is 0 Å². The van der Waals surface area contributed by atoms with E-state index in [1.807, 2.05) is 29.2 Å². The zero-order valence-corrected chi connectivity index (χ0v) is 21.7. The van der Waals surface area contributed by atoms with E-state index in [0.717, 1.165) is 56.9 Å². The van der Waals surface area contributed by atoms with Crippen molar-refractivity contribution in [1.29, 1.82) is 0 Å². The Balaban J connectivity index is 1.63. The van der Waals surface area contributed by atoms with Crippen LogP contribution in [0.4, 0.5) is 0 Å². The SMILES string of the molecule is C=CCN1C[C@H](C)N([C@H](c2ccc(C(=O)N3CCCCCC3)cc2)c2cccc(OC)c2)C[C@H]1C. The Hall–Kier alpha value is -2.63. The minimum Gasteiger partial charge on any atom is -0.497 e. The molecule has 0 radical (unpaired) electrons. The molecular weight excluding hydrogens is 434 g/mol. The lowest BCUT2D eigenvalue weighted by atomic mass is 9.92. The van der Waals surface area contributed by atoms with E-state index in [2.05, 4.69) is 60.6 Å². The van der Waals surface area contributed by atoms with Crippen LogP contribution < -0.4 is 4.74 Å². The lowest BCUT2D eigenvalue weighted by Gasteiger charge is -2.47. The van der Waals surface area contributed by atoms with Gasteiger partial charge < -0.3 is 9.64 Å². The van der Waals surface area contributed by atoms with Crippen molar-refractivity contribution in [3.05, 3.63) is 77.9 Å². The number of carbonyl (C=O) groups is 1. The van der Waals surface area contributed by atoms with Crippen LogP contribution in [-0.2, 0) is 0 Å². The van der Waals surface area contributed by atoms with E-state index < -0.39 is 0 Å². The van der Waals surface area contributed by atoms with E-state index in [9.17, 15) is 4.79 Å². The lowest BCUT2D eigenvalue weighted by molar-refractivity contribution is 0.0306. The molecule has 2 heterocycles. The summed E-state index contributed by atoms with van der Waals surface area (Å²) in [4.78, 5) is 20.3. The van der Waals surface area contributed by atoms with Crippen molar-refractivity contribution in [2.45, 2.75) is 57.7 Å². The van der Waals surface area contributed by atoms with Crippen molar-refractivity contribution in [3.8, 4) is 5.75 Å². The highest BCUT2D eigenvalue weighted by molar-refractivity contribution is 5.94. The topological polar surface area (TPSA) is 36.0 Å². The normalized spacial score (nSPS) is 22.9. The number of hydrogen-bond donors (Lipinski definition) is 0. The van der Waals surface area contributed by atoms with E-state index >= 15 is 0 Å². The van der Waals surface area contributed by atoms with Crippen LogP contribution in [0.3, 0.4) is 0 Å². The Labute approximate surface area is 211 Å². The molecule has 0 aliphatic carbocycles. The molecule has 2 aromatic rings. The Morgan fingerprint density at radius 2 is 1.71 bits per heavy atom. The molecule has 35 heavy (non-hydrogen) atoms. The third-order valence-electron chi connectivity index (χ3n) is 7.63. The van der Waals surface area contributed by atoms with Crippen LogP contribution in [0.2, 0.25) is 0 Å². The highest BCUT2D eigenvalue weighted by atomic mass is 16.5. The van der Waals surface area contributed by atoms with Crippen molar-refractivity contribution < 1.29 is 9.53 Å². The third-order valence-corrected chi connectivity index (χ3v) is 7.63. The van der Waals surface area contributed by atoms with Gasteiger partial charge in [-0.25, -0.2) is 0 Å². The van der Waals surface area contributed by atoms with Gasteiger partial charge in [0, 0.05) is 50.4 Å². The summed E-state index contributed by atoms with van der Waals surface area (Å²) in [5.74, 6) is 1.03. The number of methoxy groups -OCH3 is 1. The average Bonchev–Trinajstić information content (AvgIpc) is 3.17. The molecule has 0 N–H and O–H groups in total. The van der Waals surface area contributed by atoms with E-state index in [-0.39, 0.29) is 11.9 Å². The third kappa shape index (κ3) is 5.96. The predicted molar refractivity (Wildman–Crippen MR) is 143 cm³/mol.